The third kappa shape index (κ3) is 3.97. The number of rotatable bonds is 1. The van der Waals surface area contributed by atoms with Crippen molar-refractivity contribution in [2.75, 3.05) is 0 Å². The summed E-state index contributed by atoms with van der Waals surface area (Å²) in [6.45, 7) is 13.1. The molecule has 0 aliphatic carbocycles. The molecule has 2 heteroatoms. The Morgan fingerprint density at radius 1 is 1.31 bits per heavy atom. The number of aliphatic hydroxyl groups excluding tert-OH is 1. The van der Waals surface area contributed by atoms with E-state index in [0.29, 0.717) is 0 Å². The van der Waals surface area contributed by atoms with Gasteiger partial charge in [0.15, 0.2) is 0 Å². The van der Waals surface area contributed by atoms with Crippen molar-refractivity contribution in [3.63, 3.8) is 0 Å². The van der Waals surface area contributed by atoms with Crippen LogP contribution in [0.15, 0.2) is 0 Å². The van der Waals surface area contributed by atoms with E-state index in [9.17, 15) is 5.11 Å². The van der Waals surface area contributed by atoms with Crippen molar-refractivity contribution < 1.29 is 5.11 Å². The van der Waals surface area contributed by atoms with Gasteiger partial charge < -0.3 is 5.11 Å². The average Bonchev–Trinajstić information content (AvgIpc) is 1.98. The molecule has 0 saturated heterocycles. The molecular weight excluding hydrogens is 176 g/mol. The lowest BCUT2D eigenvalue weighted by molar-refractivity contribution is 0.228. The SMILES string of the molecule is CC[C@@H](O)C#C[Si](C)(C)C(C)(C)C. The molecule has 13 heavy (non-hydrogen) atoms. The summed E-state index contributed by atoms with van der Waals surface area (Å²) in [6, 6.07) is 0. The molecule has 0 fully saturated rings. The second-order valence-electron chi connectivity index (χ2n) is 5.07. The van der Waals surface area contributed by atoms with Crippen molar-refractivity contribution in [1.29, 1.82) is 0 Å². The van der Waals surface area contributed by atoms with E-state index in [0.717, 1.165) is 6.42 Å². The maximum Gasteiger partial charge on any atom is 0.137 e. The van der Waals surface area contributed by atoms with E-state index in [1.807, 2.05) is 6.92 Å². The highest BCUT2D eigenvalue weighted by atomic mass is 28.3. The van der Waals surface area contributed by atoms with E-state index >= 15 is 0 Å². The van der Waals surface area contributed by atoms with Crippen LogP contribution in [-0.4, -0.2) is 19.3 Å². The molecule has 0 aromatic heterocycles. The van der Waals surface area contributed by atoms with Crippen LogP contribution >= 0.6 is 0 Å². The maximum absolute atomic E-state index is 9.34. The molecular formula is C11H22OSi. The summed E-state index contributed by atoms with van der Waals surface area (Å²) in [5.41, 5.74) is 3.29. The van der Waals surface area contributed by atoms with E-state index in [4.69, 9.17) is 0 Å². The van der Waals surface area contributed by atoms with Gasteiger partial charge in [-0.2, -0.15) is 0 Å². The summed E-state index contributed by atoms with van der Waals surface area (Å²) in [5.74, 6) is 2.95. The van der Waals surface area contributed by atoms with Gasteiger partial charge in [0.2, 0.25) is 0 Å². The summed E-state index contributed by atoms with van der Waals surface area (Å²) < 4.78 is 0. The van der Waals surface area contributed by atoms with Gasteiger partial charge in [0.05, 0.1) is 0 Å². The number of hydrogen-bond donors (Lipinski definition) is 1. The summed E-state index contributed by atoms with van der Waals surface area (Å²) >= 11 is 0. The zero-order valence-corrected chi connectivity index (χ0v) is 10.7. The third-order valence-corrected chi connectivity index (χ3v) is 7.33. The first kappa shape index (κ1) is 12.7. The summed E-state index contributed by atoms with van der Waals surface area (Å²) in [4.78, 5) is 0. The Morgan fingerprint density at radius 3 is 2.08 bits per heavy atom. The topological polar surface area (TPSA) is 20.2 Å². The molecule has 0 heterocycles. The standard InChI is InChI=1S/C11H22OSi/c1-7-10(12)8-9-13(5,6)11(2,3)4/h10,12H,7H2,1-6H3/t10-/m1/s1. The first-order valence-corrected chi connectivity index (χ1v) is 7.91. The van der Waals surface area contributed by atoms with Crippen molar-refractivity contribution in [1.82, 2.24) is 0 Å². The molecule has 0 radical (unpaired) electrons. The highest BCUT2D eigenvalue weighted by Crippen LogP contribution is 2.35. The fourth-order valence-electron chi connectivity index (χ4n) is 0.553. The molecule has 1 atom stereocenters. The number of aliphatic hydroxyl groups is 1. The molecule has 0 rings (SSSR count). The summed E-state index contributed by atoms with van der Waals surface area (Å²) in [7, 11) is -1.51. The predicted molar refractivity (Wildman–Crippen MR) is 61.3 cm³/mol. The van der Waals surface area contributed by atoms with Gasteiger partial charge in [-0.1, -0.05) is 46.7 Å². The van der Waals surface area contributed by atoms with Crippen LogP contribution in [0.25, 0.3) is 0 Å². The van der Waals surface area contributed by atoms with Crippen LogP contribution in [0.3, 0.4) is 0 Å². The van der Waals surface area contributed by atoms with Crippen molar-refractivity contribution in [2.24, 2.45) is 0 Å². The van der Waals surface area contributed by atoms with Gasteiger partial charge >= 0.3 is 0 Å². The minimum Gasteiger partial charge on any atom is -0.380 e. The Labute approximate surface area is 83.6 Å². The fraction of sp³-hybridized carbons (Fsp3) is 0.818. The average molecular weight is 198 g/mol. The Bertz CT molecular complexity index is 214. The minimum atomic E-state index is -1.51. The monoisotopic (exact) mass is 198 g/mol. The van der Waals surface area contributed by atoms with Crippen molar-refractivity contribution in [3.8, 4) is 11.5 Å². The van der Waals surface area contributed by atoms with E-state index in [1.165, 1.54) is 0 Å². The van der Waals surface area contributed by atoms with Crippen LogP contribution in [0.5, 0.6) is 0 Å². The molecule has 0 amide bonds. The van der Waals surface area contributed by atoms with Crippen molar-refractivity contribution >= 4 is 8.07 Å². The van der Waals surface area contributed by atoms with Crippen molar-refractivity contribution in [2.45, 2.75) is 58.4 Å². The van der Waals surface area contributed by atoms with E-state index in [2.05, 4.69) is 45.3 Å². The van der Waals surface area contributed by atoms with Crippen LogP contribution < -0.4 is 0 Å². The van der Waals surface area contributed by atoms with Crippen LogP contribution in [0.2, 0.25) is 18.1 Å². The normalized spacial score (nSPS) is 14.7. The summed E-state index contributed by atoms with van der Waals surface area (Å²) in [5, 5.41) is 9.62. The van der Waals surface area contributed by atoms with Crippen LogP contribution in [-0.2, 0) is 0 Å². The van der Waals surface area contributed by atoms with Gasteiger partial charge in [-0.25, -0.2) is 0 Å². The third-order valence-electron chi connectivity index (χ3n) is 2.81. The molecule has 0 aromatic carbocycles. The zero-order chi connectivity index (χ0) is 10.7. The zero-order valence-electron chi connectivity index (χ0n) is 9.73. The Balaban J connectivity index is 4.56. The molecule has 76 valence electrons. The Morgan fingerprint density at radius 2 is 1.77 bits per heavy atom. The highest BCUT2D eigenvalue weighted by Gasteiger charge is 2.33. The van der Waals surface area contributed by atoms with E-state index < -0.39 is 14.2 Å². The number of hydrogen-bond acceptors (Lipinski definition) is 1. The Kier molecular flexibility index (Phi) is 4.21. The lowest BCUT2D eigenvalue weighted by Gasteiger charge is -2.31. The molecule has 0 spiro atoms. The van der Waals surface area contributed by atoms with Gasteiger partial charge in [0.25, 0.3) is 0 Å². The molecule has 0 saturated carbocycles. The van der Waals surface area contributed by atoms with E-state index in [-0.39, 0.29) is 5.04 Å². The van der Waals surface area contributed by atoms with Gasteiger partial charge in [0, 0.05) is 0 Å². The molecule has 0 aliphatic heterocycles. The van der Waals surface area contributed by atoms with Gasteiger partial charge in [0.1, 0.15) is 14.2 Å². The Hall–Kier alpha value is -0.263. The summed E-state index contributed by atoms with van der Waals surface area (Å²) in [6.07, 6.45) is 0.288. The van der Waals surface area contributed by atoms with Crippen LogP contribution in [0.4, 0.5) is 0 Å². The molecule has 0 bridgehead atoms. The maximum atomic E-state index is 9.34. The molecule has 0 aromatic rings. The van der Waals surface area contributed by atoms with E-state index in [1.54, 1.807) is 0 Å². The highest BCUT2D eigenvalue weighted by molar-refractivity contribution is 6.87. The van der Waals surface area contributed by atoms with Gasteiger partial charge in [-0.05, 0) is 11.5 Å². The minimum absolute atomic E-state index is 0.285. The van der Waals surface area contributed by atoms with Crippen molar-refractivity contribution in [3.05, 3.63) is 0 Å². The first-order chi connectivity index (χ1) is 5.70. The largest absolute Gasteiger partial charge is 0.380 e. The molecule has 1 nitrogen and oxygen atoms in total. The second kappa shape index (κ2) is 4.30. The quantitative estimate of drug-likeness (QED) is 0.507. The van der Waals surface area contributed by atoms with Gasteiger partial charge in [-0.15, -0.1) is 5.54 Å². The van der Waals surface area contributed by atoms with Crippen LogP contribution in [0, 0.1) is 11.5 Å². The molecule has 0 unspecified atom stereocenters. The predicted octanol–water partition coefficient (Wildman–Crippen LogP) is 2.81. The lowest BCUT2D eigenvalue weighted by Crippen LogP contribution is -2.35. The van der Waals surface area contributed by atoms with Gasteiger partial charge in [-0.3, -0.25) is 0 Å². The molecule has 0 aliphatic rings. The lowest BCUT2D eigenvalue weighted by atomic mass is 10.2. The fourth-order valence-corrected chi connectivity index (χ4v) is 1.46. The van der Waals surface area contributed by atoms with Crippen LogP contribution in [0.1, 0.15) is 34.1 Å². The first-order valence-electron chi connectivity index (χ1n) is 4.91. The smallest absolute Gasteiger partial charge is 0.137 e. The molecule has 1 N–H and O–H groups in total. The second-order valence-corrected chi connectivity index (χ2v) is 10.1.